The van der Waals surface area contributed by atoms with Gasteiger partial charge in [0, 0.05) is 29.5 Å². The monoisotopic (exact) mass is 466 g/mol. The fourth-order valence-corrected chi connectivity index (χ4v) is 4.49. The van der Waals surface area contributed by atoms with E-state index in [0.29, 0.717) is 5.02 Å². The molecule has 2 aromatic rings. The smallest absolute Gasteiger partial charge is 0.264 e. The zero-order chi connectivity index (χ0) is 20.8. The summed E-state index contributed by atoms with van der Waals surface area (Å²) in [5.41, 5.74) is 7.14. The van der Waals surface area contributed by atoms with Crippen LogP contribution >= 0.6 is 23.1 Å². The van der Waals surface area contributed by atoms with E-state index in [1.54, 1.807) is 24.3 Å². The van der Waals surface area contributed by atoms with Gasteiger partial charge in [0.25, 0.3) is 10.1 Å². The molecule has 0 spiro atoms. The Bertz CT molecular complexity index is 1050. The minimum absolute atomic E-state index is 0.0909. The summed E-state index contributed by atoms with van der Waals surface area (Å²) >= 11 is 6.93. The third kappa shape index (κ3) is 7.45. The molecule has 1 aromatic carbocycles. The lowest BCUT2D eigenvalue weighted by molar-refractivity contribution is 0.323. The predicted octanol–water partition coefficient (Wildman–Crippen LogP) is 1.62. The summed E-state index contributed by atoms with van der Waals surface area (Å²) in [6.07, 6.45) is 4.20. The zero-order valence-corrected chi connectivity index (χ0v) is 18.0. The van der Waals surface area contributed by atoms with Crippen LogP contribution < -0.4 is 10.5 Å². The molecule has 0 aliphatic heterocycles. The average molecular weight is 467 g/mol. The molecular weight excluding hydrogens is 448 g/mol. The van der Waals surface area contributed by atoms with Crippen LogP contribution in [0.5, 0.6) is 0 Å². The average Bonchev–Trinajstić information content (AvgIpc) is 3.00. The van der Waals surface area contributed by atoms with Gasteiger partial charge in [-0.25, -0.2) is 13.4 Å². The van der Waals surface area contributed by atoms with Crippen LogP contribution in [0.4, 0.5) is 5.13 Å². The maximum absolute atomic E-state index is 12.2. The van der Waals surface area contributed by atoms with E-state index in [0.717, 1.165) is 28.9 Å². The van der Waals surface area contributed by atoms with Gasteiger partial charge in [0.05, 0.1) is 18.6 Å². The quantitative estimate of drug-likeness (QED) is 0.503. The number of halogens is 1. The van der Waals surface area contributed by atoms with Crippen molar-refractivity contribution in [1.29, 1.82) is 0 Å². The first-order chi connectivity index (χ1) is 13.1. The van der Waals surface area contributed by atoms with Crippen LogP contribution in [0.3, 0.4) is 0 Å². The number of benzene rings is 1. The number of aromatic nitrogens is 2. The fraction of sp³-hybridized carbons (Fsp3) is 0.333. The van der Waals surface area contributed by atoms with Crippen LogP contribution in [0.15, 0.2) is 24.3 Å². The number of nitrogens with zero attached hydrogens (tertiary/aromatic N) is 2. The molecule has 154 valence electrons. The van der Waals surface area contributed by atoms with Crippen LogP contribution in [-0.4, -0.2) is 44.8 Å². The number of sulfonamides is 1. The first-order valence-corrected chi connectivity index (χ1v) is 12.5. The summed E-state index contributed by atoms with van der Waals surface area (Å²) in [7, 11) is -7.23. The molecule has 1 heterocycles. The minimum atomic E-state index is -3.69. The number of hydrogen-bond donors (Lipinski definition) is 2. The second-order valence-electron chi connectivity index (χ2n) is 5.59. The van der Waals surface area contributed by atoms with Crippen LogP contribution in [0.1, 0.15) is 17.0 Å². The third-order valence-electron chi connectivity index (χ3n) is 3.31. The van der Waals surface area contributed by atoms with E-state index in [1.807, 2.05) is 0 Å². The molecule has 0 fully saturated rings. The molecule has 0 unspecified atom stereocenters. The van der Waals surface area contributed by atoms with Crippen LogP contribution in [0, 0.1) is 0 Å². The van der Waals surface area contributed by atoms with Gasteiger partial charge in [-0.1, -0.05) is 35.9 Å². The van der Waals surface area contributed by atoms with E-state index in [4.69, 9.17) is 17.3 Å². The van der Waals surface area contributed by atoms with Crippen molar-refractivity contribution in [2.24, 2.45) is 5.73 Å². The SMILES string of the molecule is CS(=O)(=O)OCCc1nsc(NS(=O)(=O)CC=Cc2cccc(Cl)c2CN)n1. The molecule has 0 saturated carbocycles. The molecule has 0 amide bonds. The molecule has 1 aromatic heterocycles. The molecule has 0 aliphatic rings. The summed E-state index contributed by atoms with van der Waals surface area (Å²) in [6, 6.07) is 5.26. The summed E-state index contributed by atoms with van der Waals surface area (Å²) in [5, 5.41) is 0.611. The van der Waals surface area contributed by atoms with E-state index in [1.165, 1.54) is 6.08 Å². The third-order valence-corrected chi connectivity index (χ3v) is 6.19. The Morgan fingerprint density at radius 2 is 2.07 bits per heavy atom. The largest absolute Gasteiger partial charge is 0.326 e. The van der Waals surface area contributed by atoms with Gasteiger partial charge >= 0.3 is 0 Å². The van der Waals surface area contributed by atoms with E-state index in [-0.39, 0.29) is 36.3 Å². The summed E-state index contributed by atoms with van der Waals surface area (Å²) in [4.78, 5) is 4.00. The van der Waals surface area contributed by atoms with Crippen molar-refractivity contribution < 1.29 is 21.0 Å². The van der Waals surface area contributed by atoms with Gasteiger partial charge in [-0.15, -0.1) is 0 Å². The normalized spacial score (nSPS) is 12.5. The highest BCUT2D eigenvalue weighted by Crippen LogP contribution is 2.21. The highest BCUT2D eigenvalue weighted by atomic mass is 35.5. The topological polar surface area (TPSA) is 141 Å². The van der Waals surface area contributed by atoms with Crippen molar-refractivity contribution in [1.82, 2.24) is 9.36 Å². The molecule has 13 heteroatoms. The Morgan fingerprint density at radius 1 is 1.32 bits per heavy atom. The standard InChI is InChI=1S/C15H19ClN4O5S3/c1-27(21,22)25-8-7-14-18-15(26-19-14)20-28(23,24)9-3-5-11-4-2-6-13(16)12(11)10-17/h2-6H,7-10,17H2,1H3,(H,18,19,20). The number of anilines is 1. The van der Waals surface area contributed by atoms with E-state index >= 15 is 0 Å². The van der Waals surface area contributed by atoms with Crippen LogP contribution in [0.25, 0.3) is 6.08 Å². The Labute approximate surface area is 172 Å². The minimum Gasteiger partial charge on any atom is -0.326 e. The van der Waals surface area contributed by atoms with Gasteiger partial charge in [0.1, 0.15) is 5.82 Å². The molecule has 2 rings (SSSR count). The Hall–Kier alpha value is -1.57. The molecule has 0 saturated heterocycles. The summed E-state index contributed by atoms with van der Waals surface area (Å²) in [6.45, 7) is 0.120. The Kier molecular flexibility index (Phi) is 7.92. The van der Waals surface area contributed by atoms with Gasteiger partial charge < -0.3 is 5.73 Å². The van der Waals surface area contributed by atoms with Crippen LogP contribution in [-0.2, 0) is 37.3 Å². The van der Waals surface area contributed by atoms with Crippen molar-refractivity contribution in [2.75, 3.05) is 23.3 Å². The predicted molar refractivity (Wildman–Crippen MR) is 110 cm³/mol. The van der Waals surface area contributed by atoms with Crippen molar-refractivity contribution in [2.45, 2.75) is 13.0 Å². The lowest BCUT2D eigenvalue weighted by Crippen LogP contribution is -2.15. The maximum atomic E-state index is 12.2. The van der Waals surface area contributed by atoms with Crippen LogP contribution in [0.2, 0.25) is 5.02 Å². The number of nitrogens with one attached hydrogen (secondary N) is 1. The van der Waals surface area contributed by atoms with E-state index < -0.39 is 20.1 Å². The lowest BCUT2D eigenvalue weighted by Gasteiger charge is -2.05. The molecule has 3 N–H and O–H groups in total. The van der Waals surface area contributed by atoms with Gasteiger partial charge in [-0.3, -0.25) is 8.91 Å². The Balaban J connectivity index is 1.95. The molecule has 0 radical (unpaired) electrons. The van der Waals surface area contributed by atoms with Crippen molar-refractivity contribution in [3.63, 3.8) is 0 Å². The van der Waals surface area contributed by atoms with Gasteiger partial charge in [-0.2, -0.15) is 12.8 Å². The van der Waals surface area contributed by atoms with Crippen molar-refractivity contribution in [3.05, 3.63) is 46.2 Å². The van der Waals surface area contributed by atoms with Gasteiger partial charge in [0.15, 0.2) is 0 Å². The first-order valence-electron chi connectivity index (χ1n) is 7.91. The second-order valence-corrected chi connectivity index (χ2v) is 10.2. The second kappa shape index (κ2) is 9.76. The maximum Gasteiger partial charge on any atom is 0.264 e. The molecular formula is C15H19ClN4O5S3. The number of hydrogen-bond acceptors (Lipinski definition) is 9. The Morgan fingerprint density at radius 3 is 2.75 bits per heavy atom. The molecule has 9 nitrogen and oxygen atoms in total. The van der Waals surface area contributed by atoms with Gasteiger partial charge in [0.2, 0.25) is 15.2 Å². The lowest BCUT2D eigenvalue weighted by atomic mass is 10.1. The zero-order valence-electron chi connectivity index (χ0n) is 14.8. The highest BCUT2D eigenvalue weighted by Gasteiger charge is 2.13. The van der Waals surface area contributed by atoms with Crippen molar-refractivity contribution in [3.8, 4) is 0 Å². The molecule has 0 bridgehead atoms. The molecule has 0 atom stereocenters. The summed E-state index contributed by atoms with van der Waals surface area (Å²) < 4.78 is 57.1. The molecule has 28 heavy (non-hydrogen) atoms. The number of rotatable bonds is 10. The summed E-state index contributed by atoms with van der Waals surface area (Å²) in [5.74, 6) is 0.00345. The fourth-order valence-electron chi connectivity index (χ4n) is 2.10. The van der Waals surface area contributed by atoms with E-state index in [9.17, 15) is 16.8 Å². The van der Waals surface area contributed by atoms with Gasteiger partial charge in [-0.05, 0) is 17.2 Å². The highest BCUT2D eigenvalue weighted by molar-refractivity contribution is 7.93. The molecule has 0 aliphatic carbocycles. The van der Waals surface area contributed by atoms with Crippen molar-refractivity contribution >= 4 is 54.5 Å². The number of nitrogens with two attached hydrogens (primary N) is 1. The first kappa shape index (κ1) is 22.7. The van der Waals surface area contributed by atoms with E-state index in [2.05, 4.69) is 18.3 Å².